The van der Waals surface area contributed by atoms with Gasteiger partial charge in [0.2, 0.25) is 0 Å². The highest BCUT2D eigenvalue weighted by Crippen LogP contribution is 2.35. The van der Waals surface area contributed by atoms with E-state index >= 15 is 0 Å². The number of ether oxygens (including phenoxy) is 1. The number of hydrogen-bond donors (Lipinski definition) is 0. The van der Waals surface area contributed by atoms with Crippen molar-refractivity contribution in [3.05, 3.63) is 44.7 Å². The van der Waals surface area contributed by atoms with Crippen LogP contribution in [0.1, 0.15) is 38.8 Å². The lowest BCUT2D eigenvalue weighted by atomic mass is 10.1. The van der Waals surface area contributed by atoms with Gasteiger partial charge in [-0.15, -0.1) is 0 Å². The summed E-state index contributed by atoms with van der Waals surface area (Å²) in [6.45, 7) is 11.0. The first-order valence-electron chi connectivity index (χ1n) is 10.4. The highest BCUT2D eigenvalue weighted by atomic mass is 32.2. The van der Waals surface area contributed by atoms with E-state index in [-0.39, 0.29) is 29.7 Å². The van der Waals surface area contributed by atoms with Crippen molar-refractivity contribution in [2.24, 2.45) is 0 Å². The number of pyridine rings is 1. The van der Waals surface area contributed by atoms with Gasteiger partial charge in [-0.25, -0.2) is 4.98 Å². The number of aromatic nitrogens is 2. The second-order valence-corrected chi connectivity index (χ2v) is 10.0. The smallest absolute Gasteiger partial charge is 0.267 e. The zero-order valence-corrected chi connectivity index (χ0v) is 19.9. The topological polar surface area (TPSA) is 67.2 Å². The lowest BCUT2D eigenvalue weighted by molar-refractivity contribution is -0.123. The highest BCUT2D eigenvalue weighted by molar-refractivity contribution is 8.26. The predicted octanol–water partition coefficient (Wildman–Crippen LogP) is 3.23. The van der Waals surface area contributed by atoms with Crippen LogP contribution in [0, 0.1) is 6.92 Å². The summed E-state index contributed by atoms with van der Waals surface area (Å²) in [7, 11) is 0. The van der Waals surface area contributed by atoms with E-state index in [1.807, 2.05) is 46.8 Å². The fourth-order valence-corrected chi connectivity index (χ4v) is 5.58. The van der Waals surface area contributed by atoms with Gasteiger partial charge in [0.25, 0.3) is 11.5 Å². The summed E-state index contributed by atoms with van der Waals surface area (Å²) in [6.07, 6.45) is 3.38. The molecule has 4 rings (SSSR count). The number of carbonyl (C=O) groups excluding carboxylic acids is 1. The Labute approximate surface area is 191 Å². The van der Waals surface area contributed by atoms with Crippen molar-refractivity contribution in [3.8, 4) is 0 Å². The van der Waals surface area contributed by atoms with E-state index < -0.39 is 0 Å². The number of aryl methyl sites for hydroxylation is 1. The number of rotatable bonds is 3. The molecule has 7 nitrogen and oxygen atoms in total. The van der Waals surface area contributed by atoms with E-state index in [2.05, 4.69) is 4.90 Å². The van der Waals surface area contributed by atoms with Crippen molar-refractivity contribution in [2.45, 2.75) is 52.9 Å². The zero-order chi connectivity index (χ0) is 22.4. The summed E-state index contributed by atoms with van der Waals surface area (Å²) in [5.41, 5.74) is 1.72. The number of nitrogens with zero attached hydrogens (tertiary/aromatic N) is 4. The molecule has 164 valence electrons. The number of thiocarbonyl (C=S) groups is 1. The Morgan fingerprint density at radius 2 is 1.94 bits per heavy atom. The molecule has 0 aliphatic carbocycles. The summed E-state index contributed by atoms with van der Waals surface area (Å²) < 4.78 is 7.92. The molecule has 2 aromatic rings. The average molecular weight is 459 g/mol. The Morgan fingerprint density at radius 1 is 1.26 bits per heavy atom. The molecule has 4 heterocycles. The third-order valence-corrected chi connectivity index (χ3v) is 6.73. The van der Waals surface area contributed by atoms with E-state index in [9.17, 15) is 9.59 Å². The minimum Gasteiger partial charge on any atom is -0.372 e. The molecule has 0 spiro atoms. The van der Waals surface area contributed by atoms with Gasteiger partial charge in [-0.3, -0.25) is 18.9 Å². The average Bonchev–Trinajstić information content (AvgIpc) is 2.97. The van der Waals surface area contributed by atoms with Crippen LogP contribution in [-0.4, -0.2) is 55.9 Å². The van der Waals surface area contributed by atoms with E-state index in [4.69, 9.17) is 21.9 Å². The Balaban J connectivity index is 1.92. The Kier molecular flexibility index (Phi) is 5.93. The van der Waals surface area contributed by atoms with Gasteiger partial charge in [0.1, 0.15) is 15.8 Å². The minimum absolute atomic E-state index is 0.00729. The number of anilines is 1. The standard InChI is InChI=1S/C22H26N4O3S2/c1-12(2)26-21(28)17(31-22(26)30)9-16-19(24-10-14(4)29-15(5)11-24)23-18-13(3)7-6-8-25(18)20(16)27/h6-9,12,14-15H,10-11H2,1-5H3/b17-9+/t14-,15-/m0/s1. The van der Waals surface area contributed by atoms with Crippen molar-refractivity contribution in [1.29, 1.82) is 0 Å². The van der Waals surface area contributed by atoms with Crippen molar-refractivity contribution in [1.82, 2.24) is 14.3 Å². The van der Waals surface area contributed by atoms with Crippen molar-refractivity contribution < 1.29 is 9.53 Å². The minimum atomic E-state index is -0.203. The van der Waals surface area contributed by atoms with Crippen molar-refractivity contribution in [3.63, 3.8) is 0 Å². The van der Waals surface area contributed by atoms with Crippen LogP contribution in [0.3, 0.4) is 0 Å². The second-order valence-electron chi connectivity index (χ2n) is 8.35. The molecule has 2 atom stereocenters. The SMILES string of the molecule is Cc1cccn2c(=O)c(/C=C3/SC(=S)N(C(C)C)C3=O)c(N3C[C@H](C)O[C@@H](C)C3)nc12. The fraction of sp³-hybridized carbons (Fsp3) is 0.455. The van der Waals surface area contributed by atoms with Crippen LogP contribution >= 0.6 is 24.0 Å². The molecule has 0 bridgehead atoms. The van der Waals surface area contributed by atoms with Crippen LogP contribution in [-0.2, 0) is 9.53 Å². The summed E-state index contributed by atoms with van der Waals surface area (Å²) in [5, 5.41) is 0. The molecule has 2 aliphatic rings. The Hall–Kier alpha value is -2.23. The number of carbonyl (C=O) groups is 1. The summed E-state index contributed by atoms with van der Waals surface area (Å²) in [6, 6.07) is 3.72. The Bertz CT molecular complexity index is 1150. The van der Waals surface area contributed by atoms with E-state index in [0.29, 0.717) is 39.3 Å². The predicted molar refractivity (Wildman–Crippen MR) is 129 cm³/mol. The van der Waals surface area contributed by atoms with E-state index in [1.165, 1.54) is 11.8 Å². The van der Waals surface area contributed by atoms with Crippen molar-refractivity contribution >= 4 is 51.7 Å². The summed E-state index contributed by atoms with van der Waals surface area (Å²) in [5.74, 6) is 0.407. The largest absolute Gasteiger partial charge is 0.372 e. The molecule has 2 fully saturated rings. The quantitative estimate of drug-likeness (QED) is 0.517. The number of fused-ring (bicyclic) bond motifs is 1. The second kappa shape index (κ2) is 8.37. The number of morpholine rings is 1. The first-order chi connectivity index (χ1) is 14.7. The first-order valence-corrected chi connectivity index (χ1v) is 11.6. The van der Waals surface area contributed by atoms with Crippen LogP contribution < -0.4 is 10.5 Å². The van der Waals surface area contributed by atoms with Gasteiger partial charge >= 0.3 is 0 Å². The number of thioether (sulfide) groups is 1. The van der Waals surface area contributed by atoms with Crippen LogP contribution in [0.4, 0.5) is 5.82 Å². The molecule has 0 N–H and O–H groups in total. The molecule has 0 unspecified atom stereocenters. The van der Waals surface area contributed by atoms with Gasteiger partial charge in [-0.05, 0) is 52.3 Å². The molecule has 2 aliphatic heterocycles. The normalized spacial score (nSPS) is 23.6. The Morgan fingerprint density at radius 3 is 2.55 bits per heavy atom. The zero-order valence-electron chi connectivity index (χ0n) is 18.3. The molecule has 0 saturated carbocycles. The van der Waals surface area contributed by atoms with Gasteiger partial charge in [0, 0.05) is 25.3 Å². The molecular weight excluding hydrogens is 432 g/mol. The molecule has 31 heavy (non-hydrogen) atoms. The molecule has 2 saturated heterocycles. The molecule has 1 amide bonds. The maximum atomic E-state index is 13.6. The van der Waals surface area contributed by atoms with Gasteiger partial charge < -0.3 is 9.64 Å². The number of hydrogen-bond acceptors (Lipinski definition) is 7. The molecule has 0 radical (unpaired) electrons. The van der Waals surface area contributed by atoms with E-state index in [1.54, 1.807) is 21.6 Å². The van der Waals surface area contributed by atoms with Crippen LogP contribution in [0.15, 0.2) is 28.0 Å². The van der Waals surface area contributed by atoms with Gasteiger partial charge in [0.15, 0.2) is 0 Å². The molecule has 2 aromatic heterocycles. The van der Waals surface area contributed by atoms with Gasteiger partial charge in [-0.1, -0.05) is 30.0 Å². The van der Waals surface area contributed by atoms with Crippen LogP contribution in [0.25, 0.3) is 11.7 Å². The third-order valence-electron chi connectivity index (χ3n) is 5.40. The fourth-order valence-electron chi connectivity index (χ4n) is 4.07. The summed E-state index contributed by atoms with van der Waals surface area (Å²) in [4.78, 5) is 35.5. The third kappa shape index (κ3) is 4.02. The summed E-state index contributed by atoms with van der Waals surface area (Å²) >= 11 is 6.63. The number of amides is 1. The molecule has 9 heteroatoms. The van der Waals surface area contributed by atoms with Crippen molar-refractivity contribution in [2.75, 3.05) is 18.0 Å². The lowest BCUT2D eigenvalue weighted by Crippen LogP contribution is -2.46. The molecule has 0 aromatic carbocycles. The van der Waals surface area contributed by atoms with E-state index in [0.717, 1.165) is 5.56 Å². The van der Waals surface area contributed by atoms with Crippen LogP contribution in [0.2, 0.25) is 0 Å². The maximum Gasteiger partial charge on any atom is 0.267 e. The highest BCUT2D eigenvalue weighted by Gasteiger charge is 2.35. The first kappa shape index (κ1) is 22.0. The maximum absolute atomic E-state index is 13.6. The van der Waals surface area contributed by atoms with Gasteiger partial charge in [0.05, 0.1) is 22.7 Å². The lowest BCUT2D eigenvalue weighted by Gasteiger charge is -2.36. The van der Waals surface area contributed by atoms with Crippen LogP contribution in [0.5, 0.6) is 0 Å². The molecular formula is C22H26N4O3S2. The van der Waals surface area contributed by atoms with Gasteiger partial charge in [-0.2, -0.15) is 0 Å². The monoisotopic (exact) mass is 458 g/mol.